The van der Waals surface area contributed by atoms with E-state index in [1.54, 1.807) is 0 Å². The molecule has 2 saturated heterocycles. The lowest BCUT2D eigenvalue weighted by atomic mass is 10.1. The zero-order valence-electron chi connectivity index (χ0n) is 11.5. The predicted octanol–water partition coefficient (Wildman–Crippen LogP) is 3.70. The molecule has 0 saturated carbocycles. The van der Waals surface area contributed by atoms with Crippen molar-refractivity contribution in [2.24, 2.45) is 0 Å². The van der Waals surface area contributed by atoms with Crippen molar-refractivity contribution in [3.63, 3.8) is 0 Å². The fourth-order valence-corrected chi connectivity index (χ4v) is 4.43. The van der Waals surface area contributed by atoms with E-state index in [2.05, 4.69) is 15.6 Å². The molecule has 106 valence electrons. The van der Waals surface area contributed by atoms with Crippen molar-refractivity contribution >= 4 is 22.9 Å². The van der Waals surface area contributed by atoms with Gasteiger partial charge in [-0.15, -0.1) is 0 Å². The summed E-state index contributed by atoms with van der Waals surface area (Å²) in [6.07, 6.45) is 7.97. The van der Waals surface area contributed by atoms with Crippen LogP contribution >= 0.6 is 11.8 Å². The van der Waals surface area contributed by atoms with Crippen molar-refractivity contribution < 1.29 is 4.74 Å². The lowest BCUT2D eigenvalue weighted by Gasteiger charge is -2.26. The molecule has 0 bridgehead atoms. The topological polar surface area (TPSA) is 39.9 Å². The highest BCUT2D eigenvalue weighted by molar-refractivity contribution is 7.99. The number of imidazole rings is 1. The van der Waals surface area contributed by atoms with Crippen molar-refractivity contribution in [3.05, 3.63) is 24.2 Å². The Kier molecular flexibility index (Phi) is 3.40. The number of thioether (sulfide) groups is 1. The second-order valence-electron chi connectivity index (χ2n) is 5.51. The first-order chi connectivity index (χ1) is 9.93. The van der Waals surface area contributed by atoms with Gasteiger partial charge in [0.1, 0.15) is 17.6 Å². The highest BCUT2D eigenvalue weighted by Gasteiger charge is 2.29. The van der Waals surface area contributed by atoms with Gasteiger partial charge in [-0.25, -0.2) is 9.97 Å². The van der Waals surface area contributed by atoms with Crippen LogP contribution in [0.4, 0.5) is 0 Å². The van der Waals surface area contributed by atoms with Gasteiger partial charge < -0.3 is 4.74 Å². The Morgan fingerprint density at radius 3 is 3.05 bits per heavy atom. The molecule has 0 aliphatic carbocycles. The van der Waals surface area contributed by atoms with Crippen molar-refractivity contribution in [1.82, 2.24) is 14.5 Å². The number of hydrogen-bond donors (Lipinski definition) is 0. The third kappa shape index (κ3) is 2.13. The van der Waals surface area contributed by atoms with Crippen LogP contribution in [0.3, 0.4) is 0 Å². The molecule has 0 spiro atoms. The van der Waals surface area contributed by atoms with Crippen LogP contribution in [0.15, 0.2) is 18.3 Å². The zero-order chi connectivity index (χ0) is 13.4. The van der Waals surface area contributed by atoms with Gasteiger partial charge in [-0.05, 0) is 50.0 Å². The second kappa shape index (κ2) is 5.37. The van der Waals surface area contributed by atoms with Crippen LogP contribution in [0.5, 0.6) is 0 Å². The number of nitrogens with zero attached hydrogens (tertiary/aromatic N) is 3. The average Bonchev–Trinajstić information content (AvgIpc) is 3.15. The molecular formula is C15H19N3OS. The molecule has 4 nitrogen and oxygen atoms in total. The van der Waals surface area contributed by atoms with E-state index in [1.807, 2.05) is 24.0 Å². The molecule has 2 aliphatic rings. The summed E-state index contributed by atoms with van der Waals surface area (Å²) in [5.74, 6) is 2.42. The van der Waals surface area contributed by atoms with Crippen molar-refractivity contribution in [2.45, 2.75) is 43.6 Å². The maximum atomic E-state index is 6.00. The summed E-state index contributed by atoms with van der Waals surface area (Å²) in [5.41, 5.74) is 1.99. The Morgan fingerprint density at radius 1 is 1.25 bits per heavy atom. The SMILES string of the molecule is c1cnc2c(c1)nc(C1CCCS1)n2C1CCCCO1. The summed E-state index contributed by atoms with van der Waals surface area (Å²) in [6.45, 7) is 0.856. The number of rotatable bonds is 2. The van der Waals surface area contributed by atoms with Gasteiger partial charge in [-0.2, -0.15) is 11.8 Å². The van der Waals surface area contributed by atoms with Gasteiger partial charge in [0.2, 0.25) is 0 Å². The molecule has 4 heterocycles. The van der Waals surface area contributed by atoms with Gasteiger partial charge in [0.05, 0.1) is 5.25 Å². The summed E-state index contributed by atoms with van der Waals surface area (Å²) in [7, 11) is 0. The molecule has 5 heteroatoms. The van der Waals surface area contributed by atoms with Crippen LogP contribution in [0, 0.1) is 0 Å². The minimum atomic E-state index is 0.125. The Morgan fingerprint density at radius 2 is 2.25 bits per heavy atom. The van der Waals surface area contributed by atoms with Gasteiger partial charge in [0.15, 0.2) is 5.65 Å². The van der Waals surface area contributed by atoms with E-state index in [0.29, 0.717) is 5.25 Å². The van der Waals surface area contributed by atoms with E-state index in [0.717, 1.165) is 24.2 Å². The number of hydrogen-bond acceptors (Lipinski definition) is 4. The highest BCUT2D eigenvalue weighted by Crippen LogP contribution is 2.42. The van der Waals surface area contributed by atoms with Gasteiger partial charge in [0.25, 0.3) is 0 Å². The van der Waals surface area contributed by atoms with Crippen molar-refractivity contribution in [2.75, 3.05) is 12.4 Å². The zero-order valence-corrected chi connectivity index (χ0v) is 12.3. The minimum absolute atomic E-state index is 0.125. The fourth-order valence-electron chi connectivity index (χ4n) is 3.17. The smallest absolute Gasteiger partial charge is 0.162 e. The molecule has 0 radical (unpaired) electrons. The standard InChI is InChI=1S/C15H19N3OS/c1-2-9-19-13(7-1)18-14-11(5-3-8-16-14)17-15(18)12-6-4-10-20-12/h3,5,8,12-13H,1-2,4,6-7,9-10H2. The maximum absolute atomic E-state index is 6.00. The predicted molar refractivity (Wildman–Crippen MR) is 80.8 cm³/mol. The first-order valence-electron chi connectivity index (χ1n) is 7.49. The Bertz CT molecular complexity index is 600. The third-order valence-corrected chi connectivity index (χ3v) is 5.51. The third-order valence-electron chi connectivity index (χ3n) is 4.14. The Hall–Kier alpha value is -1.07. The van der Waals surface area contributed by atoms with E-state index in [-0.39, 0.29) is 6.23 Å². The molecule has 2 aromatic rings. The normalized spacial score (nSPS) is 27.2. The number of fused-ring (bicyclic) bond motifs is 1. The molecule has 0 amide bonds. The molecule has 2 aromatic heterocycles. The van der Waals surface area contributed by atoms with Gasteiger partial charge in [0, 0.05) is 12.8 Å². The second-order valence-corrected chi connectivity index (χ2v) is 6.82. The van der Waals surface area contributed by atoms with Crippen LogP contribution in [0.1, 0.15) is 49.4 Å². The lowest BCUT2D eigenvalue weighted by molar-refractivity contribution is -0.0314. The maximum Gasteiger partial charge on any atom is 0.162 e. The molecule has 4 rings (SSSR count). The van der Waals surface area contributed by atoms with Gasteiger partial charge in [-0.1, -0.05) is 0 Å². The molecular weight excluding hydrogens is 270 g/mol. The monoisotopic (exact) mass is 289 g/mol. The summed E-state index contributed by atoms with van der Waals surface area (Å²) in [6, 6.07) is 4.03. The molecule has 20 heavy (non-hydrogen) atoms. The molecule has 2 atom stereocenters. The molecule has 0 aromatic carbocycles. The average molecular weight is 289 g/mol. The largest absolute Gasteiger partial charge is 0.358 e. The first-order valence-corrected chi connectivity index (χ1v) is 8.54. The van der Waals surface area contributed by atoms with Crippen LogP contribution in [0.2, 0.25) is 0 Å². The van der Waals surface area contributed by atoms with Crippen LogP contribution < -0.4 is 0 Å². The van der Waals surface area contributed by atoms with E-state index in [9.17, 15) is 0 Å². The Balaban J connectivity index is 1.83. The van der Waals surface area contributed by atoms with Gasteiger partial charge >= 0.3 is 0 Å². The molecule has 0 N–H and O–H groups in total. The fraction of sp³-hybridized carbons (Fsp3) is 0.600. The van der Waals surface area contributed by atoms with E-state index >= 15 is 0 Å². The first kappa shape index (κ1) is 12.7. The van der Waals surface area contributed by atoms with E-state index < -0.39 is 0 Å². The van der Waals surface area contributed by atoms with Crippen LogP contribution in [-0.2, 0) is 4.74 Å². The van der Waals surface area contributed by atoms with Crippen LogP contribution in [0.25, 0.3) is 11.2 Å². The summed E-state index contributed by atoms with van der Waals surface area (Å²) in [5, 5.41) is 0.509. The molecule has 2 aliphatic heterocycles. The van der Waals surface area contributed by atoms with Crippen molar-refractivity contribution in [1.29, 1.82) is 0 Å². The van der Waals surface area contributed by atoms with Crippen LogP contribution in [-0.4, -0.2) is 26.9 Å². The van der Waals surface area contributed by atoms with E-state index in [1.165, 1.54) is 37.3 Å². The number of ether oxygens (including phenoxy) is 1. The number of aromatic nitrogens is 3. The summed E-state index contributed by atoms with van der Waals surface area (Å²) >= 11 is 2.02. The summed E-state index contributed by atoms with van der Waals surface area (Å²) in [4.78, 5) is 9.43. The highest BCUT2D eigenvalue weighted by atomic mass is 32.2. The quantitative estimate of drug-likeness (QED) is 0.845. The molecule has 2 fully saturated rings. The Labute approximate surface area is 122 Å². The van der Waals surface area contributed by atoms with Crippen molar-refractivity contribution in [3.8, 4) is 0 Å². The summed E-state index contributed by atoms with van der Waals surface area (Å²) < 4.78 is 8.28. The molecule has 2 unspecified atom stereocenters. The number of pyridine rings is 1. The minimum Gasteiger partial charge on any atom is -0.358 e. The lowest BCUT2D eigenvalue weighted by Crippen LogP contribution is -2.21. The van der Waals surface area contributed by atoms with Gasteiger partial charge in [-0.3, -0.25) is 4.57 Å². The van der Waals surface area contributed by atoms with E-state index in [4.69, 9.17) is 9.72 Å².